The molecule has 10 heteroatoms. The molecule has 0 saturated carbocycles. The van der Waals surface area contributed by atoms with Gasteiger partial charge in [-0.05, 0) is 52.7 Å². The van der Waals surface area contributed by atoms with E-state index in [0.29, 0.717) is 16.8 Å². The number of halogens is 6. The number of nitrogens with one attached hydrogen (secondary N) is 1. The number of benzene rings is 4. The molecule has 0 saturated heterocycles. The lowest BCUT2D eigenvalue weighted by molar-refractivity contribution is -0.137. The van der Waals surface area contributed by atoms with E-state index in [1.54, 1.807) is 24.3 Å². The molecule has 0 aromatic heterocycles. The summed E-state index contributed by atoms with van der Waals surface area (Å²) in [5, 5.41) is 3.72. The van der Waals surface area contributed by atoms with Crippen LogP contribution in [0.2, 0.25) is 5.02 Å². The molecule has 0 spiro atoms. The number of alkyl halides is 3. The third-order valence-corrected chi connectivity index (χ3v) is 6.45. The molecule has 1 heterocycles. The van der Waals surface area contributed by atoms with Crippen molar-refractivity contribution in [3.05, 3.63) is 105 Å². The van der Waals surface area contributed by atoms with Crippen LogP contribution in [-0.2, 0) is 6.18 Å². The Morgan fingerprint density at radius 3 is 2.39 bits per heavy atom. The van der Waals surface area contributed by atoms with Crippen molar-refractivity contribution in [3.8, 4) is 11.1 Å². The van der Waals surface area contributed by atoms with Crippen molar-refractivity contribution in [3.63, 3.8) is 0 Å². The first-order chi connectivity index (χ1) is 17.0. The lowest BCUT2D eigenvalue weighted by atomic mass is 9.84. The first-order valence-corrected chi connectivity index (χ1v) is 10.9. The predicted octanol–water partition coefficient (Wildman–Crippen LogP) is 6.39. The summed E-state index contributed by atoms with van der Waals surface area (Å²) in [6, 6.07) is 11.2. The van der Waals surface area contributed by atoms with E-state index in [2.05, 4.69) is 5.32 Å². The molecule has 5 rings (SSSR count). The van der Waals surface area contributed by atoms with Crippen LogP contribution in [0.4, 0.5) is 22.0 Å². The van der Waals surface area contributed by atoms with Gasteiger partial charge in [-0.15, -0.1) is 0 Å². The van der Waals surface area contributed by atoms with Gasteiger partial charge in [0.1, 0.15) is 11.6 Å². The number of carbonyl (C=O) groups is 2. The molecule has 4 aromatic carbocycles. The van der Waals surface area contributed by atoms with Gasteiger partial charge in [-0.25, -0.2) is 8.78 Å². The highest BCUT2D eigenvalue weighted by molar-refractivity contribution is 6.31. The Bertz CT molecular complexity index is 1600. The summed E-state index contributed by atoms with van der Waals surface area (Å²) in [6.07, 6.45) is -4.94. The number of primary amides is 1. The van der Waals surface area contributed by atoms with Crippen LogP contribution in [0.25, 0.3) is 21.9 Å². The minimum atomic E-state index is -4.94. The smallest absolute Gasteiger partial charge is 0.366 e. The van der Waals surface area contributed by atoms with E-state index in [4.69, 9.17) is 17.3 Å². The van der Waals surface area contributed by atoms with Gasteiger partial charge in [-0.2, -0.15) is 13.2 Å². The van der Waals surface area contributed by atoms with Crippen LogP contribution in [0.5, 0.6) is 0 Å². The SMILES string of the molecule is NC(=O)c1cc(C(F)(F)F)cc(F)c1-c1cc2ccccc2c2c1C(c1cc(F)ccc1Cl)NC2=O. The molecule has 0 bridgehead atoms. The molecule has 3 N–H and O–H groups in total. The summed E-state index contributed by atoms with van der Waals surface area (Å²) in [4.78, 5) is 25.4. The molecule has 1 unspecified atom stereocenters. The number of hydrogen-bond acceptors (Lipinski definition) is 2. The number of nitrogens with two attached hydrogens (primary N) is 1. The Labute approximate surface area is 205 Å². The second-order valence-corrected chi connectivity index (χ2v) is 8.66. The van der Waals surface area contributed by atoms with Crippen LogP contribution in [0.1, 0.15) is 43.4 Å². The van der Waals surface area contributed by atoms with Crippen molar-refractivity contribution in [2.45, 2.75) is 12.2 Å². The van der Waals surface area contributed by atoms with E-state index in [1.807, 2.05) is 0 Å². The standard InChI is InChI=1S/C26H14ClF5N2O2/c27-18-6-5-13(28)10-15(18)23-21-16(7-11-3-1-2-4-14(11)22(21)25(36)34-23)20-17(24(33)35)8-12(9-19(20)29)26(30,31)32/h1-10,23H,(H2,33,35)(H,34,36). The molecule has 182 valence electrons. The van der Waals surface area contributed by atoms with Crippen molar-refractivity contribution >= 4 is 34.2 Å². The van der Waals surface area contributed by atoms with Gasteiger partial charge >= 0.3 is 6.18 Å². The van der Waals surface area contributed by atoms with Gasteiger partial charge in [0, 0.05) is 21.7 Å². The third-order valence-electron chi connectivity index (χ3n) is 6.10. The van der Waals surface area contributed by atoms with Gasteiger partial charge in [0.25, 0.3) is 5.91 Å². The molecule has 4 aromatic rings. The molecule has 1 aliphatic rings. The van der Waals surface area contributed by atoms with E-state index in [-0.39, 0.29) is 33.3 Å². The second-order valence-electron chi connectivity index (χ2n) is 8.25. The summed E-state index contributed by atoms with van der Waals surface area (Å²) >= 11 is 6.30. The molecule has 0 fully saturated rings. The van der Waals surface area contributed by atoms with Crippen molar-refractivity contribution in [1.82, 2.24) is 5.32 Å². The first-order valence-electron chi connectivity index (χ1n) is 10.5. The average molecular weight is 517 g/mol. The highest BCUT2D eigenvalue weighted by atomic mass is 35.5. The highest BCUT2D eigenvalue weighted by Gasteiger charge is 2.38. The van der Waals surface area contributed by atoms with E-state index < -0.39 is 52.4 Å². The zero-order chi connectivity index (χ0) is 25.9. The summed E-state index contributed by atoms with van der Waals surface area (Å²) in [5.41, 5.74) is 3.09. The Hall–Kier alpha value is -3.98. The first kappa shape index (κ1) is 23.7. The zero-order valence-electron chi connectivity index (χ0n) is 18.0. The summed E-state index contributed by atoms with van der Waals surface area (Å²) in [7, 11) is 0. The van der Waals surface area contributed by atoms with Crippen molar-refractivity contribution < 1.29 is 31.5 Å². The minimum Gasteiger partial charge on any atom is -0.366 e. The topological polar surface area (TPSA) is 72.2 Å². The maximum atomic E-state index is 15.4. The molecule has 36 heavy (non-hydrogen) atoms. The fraction of sp³-hybridized carbons (Fsp3) is 0.0769. The van der Waals surface area contributed by atoms with E-state index >= 15 is 4.39 Å². The van der Waals surface area contributed by atoms with Gasteiger partial charge < -0.3 is 11.1 Å². The second kappa shape index (κ2) is 8.30. The Kier molecular flexibility index (Phi) is 5.48. The van der Waals surface area contributed by atoms with Crippen LogP contribution in [-0.4, -0.2) is 11.8 Å². The Morgan fingerprint density at radius 2 is 1.69 bits per heavy atom. The molecule has 1 aliphatic heterocycles. The average Bonchev–Trinajstić information content (AvgIpc) is 3.16. The van der Waals surface area contributed by atoms with E-state index in [9.17, 15) is 27.2 Å². The summed E-state index contributed by atoms with van der Waals surface area (Å²) in [5.74, 6) is -3.90. The van der Waals surface area contributed by atoms with Crippen LogP contribution >= 0.6 is 11.6 Å². The van der Waals surface area contributed by atoms with Crippen LogP contribution < -0.4 is 11.1 Å². The number of hydrogen-bond donors (Lipinski definition) is 2. The monoisotopic (exact) mass is 516 g/mol. The molecular formula is C26H14ClF5N2O2. The largest absolute Gasteiger partial charge is 0.416 e. The number of amides is 2. The number of carbonyl (C=O) groups excluding carboxylic acids is 2. The molecule has 0 radical (unpaired) electrons. The molecule has 0 aliphatic carbocycles. The number of rotatable bonds is 3. The maximum absolute atomic E-state index is 15.4. The fourth-order valence-corrected chi connectivity index (χ4v) is 4.82. The van der Waals surface area contributed by atoms with Crippen molar-refractivity contribution in [2.75, 3.05) is 0 Å². The zero-order valence-corrected chi connectivity index (χ0v) is 18.8. The van der Waals surface area contributed by atoms with Gasteiger partial charge in [-0.1, -0.05) is 35.9 Å². The van der Waals surface area contributed by atoms with Gasteiger partial charge in [0.15, 0.2) is 0 Å². The van der Waals surface area contributed by atoms with Gasteiger partial charge in [0.05, 0.1) is 22.7 Å². The predicted molar refractivity (Wildman–Crippen MR) is 124 cm³/mol. The van der Waals surface area contributed by atoms with Crippen LogP contribution in [0.15, 0.2) is 60.7 Å². The molecule has 2 amide bonds. The quantitative estimate of drug-likeness (QED) is 0.310. The van der Waals surface area contributed by atoms with Crippen molar-refractivity contribution in [2.24, 2.45) is 5.73 Å². The normalized spacial score (nSPS) is 15.2. The van der Waals surface area contributed by atoms with E-state index in [1.165, 1.54) is 12.1 Å². The lowest BCUT2D eigenvalue weighted by Gasteiger charge is -2.21. The molecular weight excluding hydrogens is 503 g/mol. The number of fused-ring (bicyclic) bond motifs is 3. The summed E-state index contributed by atoms with van der Waals surface area (Å²) < 4.78 is 69.7. The minimum absolute atomic E-state index is 0.0487. The molecule has 4 nitrogen and oxygen atoms in total. The lowest BCUT2D eigenvalue weighted by Crippen LogP contribution is -2.21. The third kappa shape index (κ3) is 3.76. The Balaban J connectivity index is 1.91. The van der Waals surface area contributed by atoms with Gasteiger partial charge in [-0.3, -0.25) is 9.59 Å². The summed E-state index contributed by atoms with van der Waals surface area (Å²) in [6.45, 7) is 0. The fourth-order valence-electron chi connectivity index (χ4n) is 4.60. The van der Waals surface area contributed by atoms with Gasteiger partial charge in [0.2, 0.25) is 5.91 Å². The van der Waals surface area contributed by atoms with Crippen LogP contribution in [0.3, 0.4) is 0 Å². The van der Waals surface area contributed by atoms with E-state index in [0.717, 1.165) is 12.1 Å². The van der Waals surface area contributed by atoms with Crippen molar-refractivity contribution in [1.29, 1.82) is 0 Å². The molecule has 1 atom stereocenters. The van der Waals surface area contributed by atoms with Crippen LogP contribution in [0, 0.1) is 11.6 Å². The highest BCUT2D eigenvalue weighted by Crippen LogP contribution is 2.46. The maximum Gasteiger partial charge on any atom is 0.416 e. The Morgan fingerprint density at radius 1 is 0.972 bits per heavy atom.